The number of aliphatic hydroxyl groups excluding tert-OH is 2. The van der Waals surface area contributed by atoms with Gasteiger partial charge in [0.05, 0.1) is 12.2 Å². The highest BCUT2D eigenvalue weighted by Gasteiger charge is 2.58. The first-order chi connectivity index (χ1) is 9.95. The van der Waals surface area contributed by atoms with Gasteiger partial charge < -0.3 is 10.2 Å². The second-order valence-corrected chi connectivity index (χ2v) is 8.85. The van der Waals surface area contributed by atoms with Crippen molar-refractivity contribution in [3.8, 4) is 0 Å². The van der Waals surface area contributed by atoms with Crippen molar-refractivity contribution in [3.63, 3.8) is 0 Å². The maximum atomic E-state index is 10.4. The lowest BCUT2D eigenvalue weighted by Crippen LogP contribution is -2.52. The molecular weight excluding hydrogens is 260 g/mol. The van der Waals surface area contributed by atoms with E-state index in [2.05, 4.69) is 26.0 Å². The summed E-state index contributed by atoms with van der Waals surface area (Å²) in [7, 11) is 0. The van der Waals surface area contributed by atoms with Crippen molar-refractivity contribution in [2.75, 3.05) is 0 Å². The van der Waals surface area contributed by atoms with Crippen molar-refractivity contribution in [2.24, 2.45) is 34.5 Å². The first-order valence-corrected chi connectivity index (χ1v) is 8.99. The topological polar surface area (TPSA) is 40.5 Å². The van der Waals surface area contributed by atoms with E-state index in [0.29, 0.717) is 23.2 Å². The maximum Gasteiger partial charge on any atom is 0.0596 e. The minimum atomic E-state index is -0.0913. The van der Waals surface area contributed by atoms with Gasteiger partial charge in [0.1, 0.15) is 0 Å². The van der Waals surface area contributed by atoms with E-state index in [4.69, 9.17) is 0 Å². The zero-order valence-electron chi connectivity index (χ0n) is 13.5. The van der Waals surface area contributed by atoms with Crippen LogP contribution >= 0.6 is 0 Å². The van der Waals surface area contributed by atoms with E-state index in [-0.39, 0.29) is 17.6 Å². The first kappa shape index (κ1) is 14.3. The highest BCUT2D eigenvalue weighted by Crippen LogP contribution is 2.64. The van der Waals surface area contributed by atoms with E-state index in [1.165, 1.54) is 25.7 Å². The van der Waals surface area contributed by atoms with Gasteiger partial charge in [-0.25, -0.2) is 0 Å². The smallest absolute Gasteiger partial charge is 0.0596 e. The predicted molar refractivity (Wildman–Crippen MR) is 83.6 cm³/mol. The standard InChI is InChI=1S/C19H30O2/c1-18-9-7-13(20)11-12(18)3-4-14-15-5-6-17(21)19(15,2)10-8-16(14)18/h3-4,12-17,20-21H,5-11H2,1-2H3/t12-,13+,14-,15-,16-,17-,18-,19-/m0/s1. The molecule has 2 heteroatoms. The predicted octanol–water partition coefficient (Wildman–Crippen LogP) is 3.53. The van der Waals surface area contributed by atoms with Gasteiger partial charge >= 0.3 is 0 Å². The average Bonchev–Trinajstić information content (AvgIpc) is 2.76. The minimum absolute atomic E-state index is 0.0874. The fraction of sp³-hybridized carbons (Fsp3) is 0.895. The van der Waals surface area contributed by atoms with E-state index >= 15 is 0 Å². The van der Waals surface area contributed by atoms with E-state index in [1.807, 2.05) is 0 Å². The zero-order chi connectivity index (χ0) is 14.8. The Hall–Kier alpha value is -0.340. The van der Waals surface area contributed by atoms with Crippen LogP contribution < -0.4 is 0 Å². The molecule has 0 spiro atoms. The molecule has 0 aliphatic heterocycles. The highest BCUT2D eigenvalue weighted by molar-refractivity contribution is 5.18. The van der Waals surface area contributed by atoms with Crippen LogP contribution in [0.25, 0.3) is 0 Å². The normalized spacial score (nSPS) is 59.2. The number of fused-ring (bicyclic) bond motifs is 5. The van der Waals surface area contributed by atoms with Crippen LogP contribution in [0.4, 0.5) is 0 Å². The highest BCUT2D eigenvalue weighted by atomic mass is 16.3. The zero-order valence-corrected chi connectivity index (χ0v) is 13.5. The molecule has 0 radical (unpaired) electrons. The molecule has 2 nitrogen and oxygen atoms in total. The molecule has 0 aromatic rings. The summed E-state index contributed by atoms with van der Waals surface area (Å²) in [4.78, 5) is 0. The summed E-state index contributed by atoms with van der Waals surface area (Å²) >= 11 is 0. The number of aliphatic hydroxyl groups is 2. The number of allylic oxidation sites excluding steroid dienone is 2. The van der Waals surface area contributed by atoms with E-state index < -0.39 is 0 Å². The summed E-state index contributed by atoms with van der Waals surface area (Å²) in [6.45, 7) is 4.82. The SMILES string of the molecule is C[C@]12CC[C@@H](O)C[C@@H]1C=C[C@@H]1[C@@H]2CC[C@]2(C)[C@@H](O)CC[C@@H]12. The Morgan fingerprint density at radius 1 is 0.857 bits per heavy atom. The lowest BCUT2D eigenvalue weighted by atomic mass is 9.47. The van der Waals surface area contributed by atoms with Gasteiger partial charge in [-0.2, -0.15) is 0 Å². The van der Waals surface area contributed by atoms with Crippen molar-refractivity contribution in [2.45, 2.75) is 71.0 Å². The molecule has 21 heavy (non-hydrogen) atoms. The van der Waals surface area contributed by atoms with Gasteiger partial charge in [0.25, 0.3) is 0 Å². The quantitative estimate of drug-likeness (QED) is 0.670. The monoisotopic (exact) mass is 290 g/mol. The molecule has 8 atom stereocenters. The Bertz CT molecular complexity index is 458. The van der Waals surface area contributed by atoms with Crippen molar-refractivity contribution < 1.29 is 10.2 Å². The molecule has 0 aromatic carbocycles. The summed E-state index contributed by atoms with van der Waals surface area (Å²) in [6.07, 6.45) is 12.5. The van der Waals surface area contributed by atoms with Gasteiger partial charge in [-0.1, -0.05) is 26.0 Å². The van der Waals surface area contributed by atoms with E-state index in [0.717, 1.165) is 25.2 Å². The molecule has 0 heterocycles. The average molecular weight is 290 g/mol. The van der Waals surface area contributed by atoms with Crippen LogP contribution in [0.3, 0.4) is 0 Å². The van der Waals surface area contributed by atoms with Crippen molar-refractivity contribution >= 4 is 0 Å². The van der Waals surface area contributed by atoms with Gasteiger partial charge in [0.2, 0.25) is 0 Å². The molecule has 0 amide bonds. The van der Waals surface area contributed by atoms with Crippen LogP contribution in [0, 0.1) is 34.5 Å². The lowest BCUT2D eigenvalue weighted by molar-refractivity contribution is -0.0894. The van der Waals surface area contributed by atoms with Crippen molar-refractivity contribution in [1.82, 2.24) is 0 Å². The molecule has 3 saturated carbocycles. The van der Waals surface area contributed by atoms with E-state index in [9.17, 15) is 10.2 Å². The maximum absolute atomic E-state index is 10.4. The van der Waals surface area contributed by atoms with Gasteiger partial charge in [-0.3, -0.25) is 0 Å². The number of rotatable bonds is 0. The second kappa shape index (κ2) is 4.58. The molecule has 4 rings (SSSR count). The first-order valence-electron chi connectivity index (χ1n) is 8.99. The van der Waals surface area contributed by atoms with Crippen LogP contribution in [-0.4, -0.2) is 22.4 Å². The summed E-state index contributed by atoms with van der Waals surface area (Å²) in [5.74, 6) is 2.67. The Kier molecular flexibility index (Phi) is 3.11. The molecule has 0 aromatic heterocycles. The molecule has 0 saturated heterocycles. The molecule has 0 unspecified atom stereocenters. The largest absolute Gasteiger partial charge is 0.393 e. The van der Waals surface area contributed by atoms with Crippen molar-refractivity contribution in [1.29, 1.82) is 0 Å². The molecule has 118 valence electrons. The second-order valence-electron chi connectivity index (χ2n) is 8.85. The molecule has 2 N–H and O–H groups in total. The molecule has 0 bridgehead atoms. The molecule has 4 aliphatic rings. The molecule has 3 fully saturated rings. The van der Waals surface area contributed by atoms with Gasteiger partial charge in [-0.15, -0.1) is 0 Å². The Morgan fingerprint density at radius 3 is 2.38 bits per heavy atom. The minimum Gasteiger partial charge on any atom is -0.393 e. The molecule has 4 aliphatic carbocycles. The molecular formula is C19H30O2. The summed E-state index contributed by atoms with van der Waals surface area (Å²) in [5, 5.41) is 20.5. The van der Waals surface area contributed by atoms with Crippen LogP contribution in [0.1, 0.15) is 58.8 Å². The fourth-order valence-corrected chi connectivity index (χ4v) is 6.57. The summed E-state index contributed by atoms with van der Waals surface area (Å²) in [5.41, 5.74) is 0.538. The van der Waals surface area contributed by atoms with Gasteiger partial charge in [-0.05, 0) is 79.4 Å². The lowest BCUT2D eigenvalue weighted by Gasteiger charge is -2.58. The Morgan fingerprint density at radius 2 is 1.57 bits per heavy atom. The Labute approximate surface area is 128 Å². The third kappa shape index (κ3) is 1.84. The van der Waals surface area contributed by atoms with Crippen LogP contribution in [0.2, 0.25) is 0 Å². The van der Waals surface area contributed by atoms with Crippen LogP contribution in [-0.2, 0) is 0 Å². The fourth-order valence-electron chi connectivity index (χ4n) is 6.57. The number of hydrogen-bond acceptors (Lipinski definition) is 2. The van der Waals surface area contributed by atoms with Gasteiger partial charge in [0.15, 0.2) is 0 Å². The van der Waals surface area contributed by atoms with Crippen LogP contribution in [0.5, 0.6) is 0 Å². The third-order valence-electron chi connectivity index (χ3n) is 8.08. The Balaban J connectivity index is 1.68. The van der Waals surface area contributed by atoms with Crippen LogP contribution in [0.15, 0.2) is 12.2 Å². The number of hydrogen-bond donors (Lipinski definition) is 2. The van der Waals surface area contributed by atoms with Gasteiger partial charge in [0, 0.05) is 0 Å². The third-order valence-corrected chi connectivity index (χ3v) is 8.08. The van der Waals surface area contributed by atoms with E-state index in [1.54, 1.807) is 0 Å². The summed E-state index contributed by atoms with van der Waals surface area (Å²) in [6, 6.07) is 0. The van der Waals surface area contributed by atoms with Crippen molar-refractivity contribution in [3.05, 3.63) is 12.2 Å². The summed E-state index contributed by atoms with van der Waals surface area (Å²) < 4.78 is 0.